The van der Waals surface area contributed by atoms with Crippen molar-refractivity contribution in [1.82, 2.24) is 4.90 Å². The van der Waals surface area contributed by atoms with Gasteiger partial charge in [-0.1, -0.05) is 0 Å². The van der Waals surface area contributed by atoms with Crippen molar-refractivity contribution < 1.29 is 9.72 Å². The highest BCUT2D eigenvalue weighted by molar-refractivity contribution is 5.77. The third kappa shape index (κ3) is 3.51. The fourth-order valence-electron chi connectivity index (χ4n) is 2.26. The van der Waals surface area contributed by atoms with E-state index in [1.807, 2.05) is 0 Å². The number of hydrogen-bond acceptors (Lipinski definition) is 5. The van der Waals surface area contributed by atoms with E-state index in [4.69, 9.17) is 0 Å². The van der Waals surface area contributed by atoms with Gasteiger partial charge in [0.25, 0.3) is 5.69 Å². The first-order chi connectivity index (χ1) is 9.06. The summed E-state index contributed by atoms with van der Waals surface area (Å²) in [6, 6.07) is 6.60. The highest BCUT2D eigenvalue weighted by Crippen LogP contribution is 2.20. The Labute approximate surface area is 111 Å². The van der Waals surface area contributed by atoms with Gasteiger partial charge in [-0.15, -0.1) is 0 Å². The van der Waals surface area contributed by atoms with Gasteiger partial charge in [0.1, 0.15) is 5.78 Å². The number of benzene rings is 1. The lowest BCUT2D eigenvalue weighted by molar-refractivity contribution is -0.384. The molecule has 6 nitrogen and oxygen atoms in total. The molecule has 6 heteroatoms. The van der Waals surface area contributed by atoms with Crippen LogP contribution in [0.4, 0.5) is 11.4 Å². The maximum Gasteiger partial charge on any atom is 0.269 e. The molecular weight excluding hydrogens is 246 g/mol. The molecule has 0 saturated carbocycles. The summed E-state index contributed by atoms with van der Waals surface area (Å²) < 4.78 is 0. The predicted molar refractivity (Wildman–Crippen MR) is 72.4 cm³/mol. The molecule has 0 unspecified atom stereocenters. The Balaban J connectivity index is 1.94. The van der Waals surface area contributed by atoms with E-state index in [0.29, 0.717) is 6.54 Å². The SMILES string of the molecule is CC(=O)CN1CCN(c2ccc([N+](=O)[O-])cc2)CC1. The Kier molecular flexibility index (Phi) is 4.11. The Morgan fingerprint density at radius 3 is 2.26 bits per heavy atom. The minimum atomic E-state index is -0.394. The quantitative estimate of drug-likeness (QED) is 0.605. The molecule has 0 aromatic heterocycles. The van der Waals surface area contributed by atoms with Crippen LogP contribution < -0.4 is 4.90 Å². The first kappa shape index (κ1) is 13.5. The highest BCUT2D eigenvalue weighted by Gasteiger charge is 2.18. The number of rotatable bonds is 4. The highest BCUT2D eigenvalue weighted by atomic mass is 16.6. The summed E-state index contributed by atoms with van der Waals surface area (Å²) in [7, 11) is 0. The smallest absolute Gasteiger partial charge is 0.269 e. The van der Waals surface area contributed by atoms with Crippen LogP contribution in [-0.4, -0.2) is 48.3 Å². The van der Waals surface area contributed by atoms with Gasteiger partial charge in [0.05, 0.1) is 11.5 Å². The summed E-state index contributed by atoms with van der Waals surface area (Å²) in [6.45, 7) is 5.47. The summed E-state index contributed by atoms with van der Waals surface area (Å²) in [5.41, 5.74) is 1.10. The average Bonchev–Trinajstić information content (AvgIpc) is 2.39. The van der Waals surface area contributed by atoms with Gasteiger partial charge in [-0.05, 0) is 19.1 Å². The van der Waals surface area contributed by atoms with Crippen LogP contribution in [0.5, 0.6) is 0 Å². The molecule has 102 valence electrons. The number of nitro groups is 1. The molecule has 0 atom stereocenters. The third-order valence-corrected chi connectivity index (χ3v) is 3.24. The van der Waals surface area contributed by atoms with E-state index in [1.54, 1.807) is 19.1 Å². The average molecular weight is 263 g/mol. The van der Waals surface area contributed by atoms with Gasteiger partial charge in [0, 0.05) is 44.0 Å². The molecule has 0 N–H and O–H groups in total. The maximum atomic E-state index is 11.0. The molecule has 0 spiro atoms. The van der Waals surface area contributed by atoms with E-state index >= 15 is 0 Å². The van der Waals surface area contributed by atoms with Crippen molar-refractivity contribution in [3.63, 3.8) is 0 Å². The number of hydrogen-bond donors (Lipinski definition) is 0. The molecule has 1 saturated heterocycles. The zero-order valence-corrected chi connectivity index (χ0v) is 10.9. The normalized spacial score (nSPS) is 16.4. The van der Waals surface area contributed by atoms with Gasteiger partial charge in [-0.3, -0.25) is 19.8 Å². The molecule has 19 heavy (non-hydrogen) atoms. The first-order valence-corrected chi connectivity index (χ1v) is 6.27. The topological polar surface area (TPSA) is 66.7 Å². The van der Waals surface area contributed by atoms with Crippen molar-refractivity contribution in [1.29, 1.82) is 0 Å². The van der Waals surface area contributed by atoms with Crippen LogP contribution in [0, 0.1) is 10.1 Å². The van der Waals surface area contributed by atoms with Gasteiger partial charge >= 0.3 is 0 Å². The number of anilines is 1. The number of nitrogens with zero attached hydrogens (tertiary/aromatic N) is 3. The van der Waals surface area contributed by atoms with E-state index in [1.165, 1.54) is 12.1 Å². The predicted octanol–water partition coefficient (Wildman–Crippen LogP) is 1.31. The van der Waals surface area contributed by atoms with Gasteiger partial charge in [-0.2, -0.15) is 0 Å². The van der Waals surface area contributed by atoms with Crippen molar-refractivity contribution in [2.24, 2.45) is 0 Å². The molecule has 1 heterocycles. The summed E-state index contributed by atoms with van der Waals surface area (Å²) in [6.07, 6.45) is 0. The standard InChI is InChI=1S/C13H17N3O3/c1-11(17)10-14-6-8-15(9-7-14)12-2-4-13(5-3-12)16(18)19/h2-5H,6-10H2,1H3. The molecule has 1 aromatic rings. The number of nitro benzene ring substituents is 1. The second-order valence-electron chi connectivity index (χ2n) is 4.74. The Morgan fingerprint density at radius 2 is 1.79 bits per heavy atom. The molecule has 2 rings (SSSR count). The van der Waals surface area contributed by atoms with Gasteiger partial charge in [0.15, 0.2) is 0 Å². The van der Waals surface area contributed by atoms with E-state index in [2.05, 4.69) is 9.80 Å². The van der Waals surface area contributed by atoms with Crippen LogP contribution in [0.15, 0.2) is 24.3 Å². The van der Waals surface area contributed by atoms with Crippen molar-refractivity contribution in [2.45, 2.75) is 6.92 Å². The number of Topliss-reactive ketones (excluding diaryl/α,β-unsaturated/α-hetero) is 1. The van der Waals surface area contributed by atoms with Crippen LogP contribution >= 0.6 is 0 Å². The minimum absolute atomic E-state index is 0.110. The van der Waals surface area contributed by atoms with Crippen LogP contribution in [0.3, 0.4) is 0 Å². The monoisotopic (exact) mass is 263 g/mol. The third-order valence-electron chi connectivity index (χ3n) is 3.24. The molecule has 0 bridgehead atoms. The molecule has 1 aromatic carbocycles. The molecule has 0 amide bonds. The zero-order valence-electron chi connectivity index (χ0n) is 10.9. The van der Waals surface area contributed by atoms with E-state index in [0.717, 1.165) is 31.9 Å². The lowest BCUT2D eigenvalue weighted by Crippen LogP contribution is -2.47. The number of piperazine rings is 1. The van der Waals surface area contributed by atoms with Gasteiger partial charge in [0.2, 0.25) is 0 Å². The van der Waals surface area contributed by atoms with Crippen LogP contribution in [0.25, 0.3) is 0 Å². The van der Waals surface area contributed by atoms with E-state index in [9.17, 15) is 14.9 Å². The van der Waals surface area contributed by atoms with Crippen LogP contribution in [-0.2, 0) is 4.79 Å². The fraction of sp³-hybridized carbons (Fsp3) is 0.462. The second kappa shape index (κ2) is 5.79. The lowest BCUT2D eigenvalue weighted by atomic mass is 10.2. The zero-order chi connectivity index (χ0) is 13.8. The number of carbonyl (C=O) groups excluding carboxylic acids is 1. The van der Waals surface area contributed by atoms with Crippen molar-refractivity contribution in [3.05, 3.63) is 34.4 Å². The second-order valence-corrected chi connectivity index (χ2v) is 4.74. The molecule has 0 radical (unpaired) electrons. The van der Waals surface area contributed by atoms with Gasteiger partial charge in [-0.25, -0.2) is 0 Å². The molecule has 1 aliphatic rings. The number of ketones is 1. The molecule has 1 aliphatic heterocycles. The Morgan fingerprint density at radius 1 is 1.21 bits per heavy atom. The summed E-state index contributed by atoms with van der Waals surface area (Å²) >= 11 is 0. The first-order valence-electron chi connectivity index (χ1n) is 6.27. The van der Waals surface area contributed by atoms with E-state index < -0.39 is 4.92 Å². The fourth-order valence-corrected chi connectivity index (χ4v) is 2.26. The largest absolute Gasteiger partial charge is 0.369 e. The molecule has 1 fully saturated rings. The van der Waals surface area contributed by atoms with Gasteiger partial charge < -0.3 is 4.90 Å². The minimum Gasteiger partial charge on any atom is -0.369 e. The lowest BCUT2D eigenvalue weighted by Gasteiger charge is -2.35. The van der Waals surface area contributed by atoms with Crippen LogP contribution in [0.2, 0.25) is 0 Å². The summed E-state index contributed by atoms with van der Waals surface area (Å²) in [4.78, 5) is 25.5. The molecular formula is C13H17N3O3. The van der Waals surface area contributed by atoms with Crippen molar-refractivity contribution in [2.75, 3.05) is 37.6 Å². The maximum absolute atomic E-state index is 11.0. The summed E-state index contributed by atoms with van der Waals surface area (Å²) in [5.74, 6) is 0.184. The Hall–Kier alpha value is -1.95. The van der Waals surface area contributed by atoms with E-state index in [-0.39, 0.29) is 11.5 Å². The number of carbonyl (C=O) groups is 1. The van der Waals surface area contributed by atoms with Crippen molar-refractivity contribution >= 4 is 17.2 Å². The summed E-state index contributed by atoms with van der Waals surface area (Å²) in [5, 5.41) is 10.6. The number of non-ortho nitro benzene ring substituents is 1. The Bertz CT molecular complexity index is 465. The van der Waals surface area contributed by atoms with Crippen LogP contribution in [0.1, 0.15) is 6.92 Å². The van der Waals surface area contributed by atoms with Crippen molar-refractivity contribution in [3.8, 4) is 0 Å². The molecule has 0 aliphatic carbocycles.